The van der Waals surface area contributed by atoms with E-state index in [1.807, 2.05) is 26.0 Å². The third-order valence-corrected chi connectivity index (χ3v) is 5.20. The average molecular weight is 342 g/mol. The van der Waals surface area contributed by atoms with Crippen molar-refractivity contribution in [1.82, 2.24) is 4.98 Å². The highest BCUT2D eigenvalue weighted by Crippen LogP contribution is 2.23. The number of carbonyl (C=O) groups excluding carboxylic acids is 1. The Hall–Kier alpha value is -2.60. The molecule has 1 amide bonds. The lowest BCUT2D eigenvalue weighted by Crippen LogP contribution is -2.12. The molecule has 1 aromatic heterocycles. The van der Waals surface area contributed by atoms with Gasteiger partial charge in [0.2, 0.25) is 0 Å². The van der Waals surface area contributed by atoms with E-state index >= 15 is 0 Å². The number of fused-ring (bicyclic) bond motifs is 1. The minimum absolute atomic E-state index is 0.174. The molecular weight excluding hydrogens is 324 g/mol. The molecule has 0 fully saturated rings. The maximum Gasteiger partial charge on any atom is 0.255 e. The predicted octanol–water partition coefficient (Wildman–Crippen LogP) is 3.44. The first-order valence-electron chi connectivity index (χ1n) is 7.46. The van der Waals surface area contributed by atoms with E-state index in [1.165, 1.54) is 12.1 Å². The lowest BCUT2D eigenvalue weighted by atomic mass is 10.1. The summed E-state index contributed by atoms with van der Waals surface area (Å²) < 4.78 is 23.2. The zero-order chi connectivity index (χ0) is 17.5. The zero-order valence-corrected chi connectivity index (χ0v) is 14.5. The normalized spacial score (nSPS) is 11.6. The van der Waals surface area contributed by atoms with E-state index in [0.29, 0.717) is 11.3 Å². The summed E-state index contributed by atoms with van der Waals surface area (Å²) in [5, 5.41) is 3.75. The van der Waals surface area contributed by atoms with Crippen LogP contribution >= 0.6 is 0 Å². The summed E-state index contributed by atoms with van der Waals surface area (Å²) in [4.78, 5) is 15.9. The van der Waals surface area contributed by atoms with Gasteiger partial charge in [-0.15, -0.1) is 0 Å². The molecule has 0 radical (unpaired) electrons. The van der Waals surface area contributed by atoms with Crippen molar-refractivity contribution in [3.8, 4) is 0 Å². The topological polar surface area (TPSA) is 79.0 Å². The fourth-order valence-corrected chi connectivity index (χ4v) is 3.28. The number of amides is 1. The first-order chi connectivity index (χ1) is 11.3. The summed E-state index contributed by atoms with van der Waals surface area (Å²) in [6.07, 6.45) is 1.14. The number of benzene rings is 2. The molecule has 1 heterocycles. The second kappa shape index (κ2) is 5.79. The lowest BCUT2D eigenvalue weighted by Gasteiger charge is -2.07. The molecule has 0 atom stereocenters. The van der Waals surface area contributed by atoms with Gasteiger partial charge in [-0.05, 0) is 55.8 Å². The highest BCUT2D eigenvalue weighted by atomic mass is 32.2. The summed E-state index contributed by atoms with van der Waals surface area (Å²) in [6.45, 7) is 4.00. The summed E-state index contributed by atoms with van der Waals surface area (Å²) in [5.74, 6) is -0.277. The van der Waals surface area contributed by atoms with Gasteiger partial charge >= 0.3 is 0 Å². The molecule has 0 unspecified atom stereocenters. The molecule has 24 heavy (non-hydrogen) atoms. The third kappa shape index (κ3) is 3.05. The molecule has 0 aliphatic rings. The van der Waals surface area contributed by atoms with Crippen LogP contribution in [-0.4, -0.2) is 25.6 Å². The Labute approximate surface area is 140 Å². The van der Waals surface area contributed by atoms with Gasteiger partial charge in [-0.2, -0.15) is 0 Å². The first-order valence-corrected chi connectivity index (χ1v) is 9.35. The number of hydrogen-bond acceptors (Lipinski definition) is 3. The van der Waals surface area contributed by atoms with Gasteiger partial charge in [-0.3, -0.25) is 4.79 Å². The number of aryl methyl sites for hydroxylation is 2. The van der Waals surface area contributed by atoms with E-state index in [-0.39, 0.29) is 10.8 Å². The fourth-order valence-electron chi connectivity index (χ4n) is 2.61. The largest absolute Gasteiger partial charge is 0.358 e. The molecule has 2 N–H and O–H groups in total. The smallest absolute Gasteiger partial charge is 0.255 e. The molecule has 0 bridgehead atoms. The van der Waals surface area contributed by atoms with Crippen molar-refractivity contribution < 1.29 is 13.2 Å². The molecule has 0 saturated heterocycles. The summed E-state index contributed by atoms with van der Waals surface area (Å²) >= 11 is 0. The van der Waals surface area contributed by atoms with E-state index in [2.05, 4.69) is 10.3 Å². The Morgan fingerprint density at radius 3 is 2.54 bits per heavy atom. The van der Waals surface area contributed by atoms with Gasteiger partial charge in [-0.25, -0.2) is 8.42 Å². The van der Waals surface area contributed by atoms with Crippen LogP contribution < -0.4 is 5.32 Å². The Balaban J connectivity index is 1.91. The third-order valence-electron chi connectivity index (χ3n) is 4.09. The van der Waals surface area contributed by atoms with Gasteiger partial charge in [-0.1, -0.05) is 6.07 Å². The van der Waals surface area contributed by atoms with Crippen LogP contribution in [0.2, 0.25) is 0 Å². The highest BCUT2D eigenvalue weighted by Gasteiger charge is 2.12. The van der Waals surface area contributed by atoms with E-state index in [0.717, 1.165) is 28.4 Å². The number of hydrogen-bond donors (Lipinski definition) is 2. The molecule has 3 rings (SSSR count). The molecule has 0 aliphatic carbocycles. The minimum Gasteiger partial charge on any atom is -0.358 e. The minimum atomic E-state index is -3.31. The Morgan fingerprint density at radius 1 is 1.08 bits per heavy atom. The molecule has 3 aromatic rings. The van der Waals surface area contributed by atoms with Crippen molar-refractivity contribution in [2.45, 2.75) is 18.7 Å². The van der Waals surface area contributed by atoms with Crippen molar-refractivity contribution in [2.75, 3.05) is 11.6 Å². The van der Waals surface area contributed by atoms with Gasteiger partial charge in [0.05, 0.1) is 4.90 Å². The second-order valence-corrected chi connectivity index (χ2v) is 7.91. The number of sulfone groups is 1. The molecule has 124 valence electrons. The van der Waals surface area contributed by atoms with E-state index in [9.17, 15) is 13.2 Å². The van der Waals surface area contributed by atoms with Crippen LogP contribution in [0.3, 0.4) is 0 Å². The number of aromatic amines is 1. The van der Waals surface area contributed by atoms with Crippen LogP contribution in [0, 0.1) is 13.8 Å². The number of anilines is 1. The lowest BCUT2D eigenvalue weighted by molar-refractivity contribution is 0.102. The number of aromatic nitrogens is 1. The van der Waals surface area contributed by atoms with E-state index in [4.69, 9.17) is 0 Å². The van der Waals surface area contributed by atoms with Crippen molar-refractivity contribution in [3.63, 3.8) is 0 Å². The van der Waals surface area contributed by atoms with Crippen LogP contribution in [0.1, 0.15) is 21.6 Å². The second-order valence-electron chi connectivity index (χ2n) is 5.89. The van der Waals surface area contributed by atoms with Gasteiger partial charge in [0.1, 0.15) is 0 Å². The van der Waals surface area contributed by atoms with E-state index < -0.39 is 9.84 Å². The fraction of sp³-hybridized carbons (Fsp3) is 0.167. The SMILES string of the molecule is Cc1[nH]c2ccc(C(=O)Nc3cccc(S(C)(=O)=O)c3)cc2c1C. The first kappa shape index (κ1) is 16.3. The highest BCUT2D eigenvalue weighted by molar-refractivity contribution is 7.90. The maximum absolute atomic E-state index is 12.5. The summed E-state index contributed by atoms with van der Waals surface area (Å²) in [6, 6.07) is 11.7. The zero-order valence-electron chi connectivity index (χ0n) is 13.7. The number of H-pyrrole nitrogens is 1. The quantitative estimate of drug-likeness (QED) is 0.765. The maximum atomic E-state index is 12.5. The molecule has 0 saturated carbocycles. The average Bonchev–Trinajstić information content (AvgIpc) is 2.81. The van der Waals surface area contributed by atoms with Crippen molar-refractivity contribution in [1.29, 1.82) is 0 Å². The number of carbonyl (C=O) groups is 1. The van der Waals surface area contributed by atoms with Crippen LogP contribution in [-0.2, 0) is 9.84 Å². The molecular formula is C18H18N2O3S. The molecule has 0 aliphatic heterocycles. The van der Waals surface area contributed by atoms with Crippen molar-refractivity contribution in [3.05, 3.63) is 59.3 Å². The number of nitrogens with one attached hydrogen (secondary N) is 2. The Bertz CT molecular complexity index is 1050. The number of rotatable bonds is 3. The van der Waals surface area contributed by atoms with Crippen molar-refractivity contribution in [2.24, 2.45) is 0 Å². The van der Waals surface area contributed by atoms with Crippen molar-refractivity contribution >= 4 is 32.3 Å². The van der Waals surface area contributed by atoms with Gasteiger partial charge in [0, 0.05) is 34.1 Å². The Morgan fingerprint density at radius 2 is 1.83 bits per heavy atom. The molecule has 5 nitrogen and oxygen atoms in total. The predicted molar refractivity (Wildman–Crippen MR) is 95.3 cm³/mol. The monoisotopic (exact) mass is 342 g/mol. The standard InChI is InChI=1S/C18H18N2O3S/c1-11-12(2)19-17-8-7-13(9-16(11)17)18(21)20-14-5-4-6-15(10-14)24(3,22)23/h4-10,19H,1-3H3,(H,20,21). The summed E-state index contributed by atoms with van der Waals surface area (Å²) in [7, 11) is -3.31. The molecule has 2 aromatic carbocycles. The van der Waals surface area contributed by atoms with Crippen LogP contribution in [0.25, 0.3) is 10.9 Å². The van der Waals surface area contributed by atoms with E-state index in [1.54, 1.807) is 18.2 Å². The van der Waals surface area contributed by atoms with Gasteiger partial charge < -0.3 is 10.3 Å². The Kier molecular flexibility index (Phi) is 3.93. The molecule has 6 heteroatoms. The van der Waals surface area contributed by atoms with Crippen LogP contribution in [0.15, 0.2) is 47.4 Å². The van der Waals surface area contributed by atoms with Gasteiger partial charge in [0.15, 0.2) is 9.84 Å². The van der Waals surface area contributed by atoms with Crippen LogP contribution in [0.5, 0.6) is 0 Å². The molecule has 0 spiro atoms. The van der Waals surface area contributed by atoms with Gasteiger partial charge in [0.25, 0.3) is 5.91 Å². The summed E-state index contributed by atoms with van der Waals surface area (Å²) in [5.41, 5.74) is 4.14. The van der Waals surface area contributed by atoms with Crippen LogP contribution in [0.4, 0.5) is 5.69 Å².